The highest BCUT2D eigenvalue weighted by Gasteiger charge is 2.35. The highest BCUT2D eigenvalue weighted by Crippen LogP contribution is 2.30. The zero-order valence-corrected chi connectivity index (χ0v) is 19.6. The normalized spacial score (nSPS) is 16.3. The van der Waals surface area contributed by atoms with Gasteiger partial charge in [-0.3, -0.25) is 9.78 Å². The van der Waals surface area contributed by atoms with Crippen molar-refractivity contribution in [2.75, 3.05) is 20.1 Å². The number of aromatic nitrogens is 1. The second-order valence-corrected chi connectivity index (χ2v) is 10.4. The zero-order valence-electron chi connectivity index (χ0n) is 18.7. The van der Waals surface area contributed by atoms with Crippen molar-refractivity contribution in [3.05, 3.63) is 102 Å². The Balaban J connectivity index is 1.45. The topological polar surface area (TPSA) is 70.6 Å². The number of amides is 1. The molecule has 1 aromatic heterocycles. The lowest BCUT2D eigenvalue weighted by atomic mass is 9.94. The van der Waals surface area contributed by atoms with E-state index >= 15 is 0 Å². The van der Waals surface area contributed by atoms with Gasteiger partial charge < -0.3 is 4.90 Å². The van der Waals surface area contributed by atoms with E-state index in [9.17, 15) is 13.2 Å². The van der Waals surface area contributed by atoms with E-state index in [1.54, 1.807) is 11.1 Å². The summed E-state index contributed by atoms with van der Waals surface area (Å²) in [5.74, 6) is -0.204. The number of rotatable bonds is 7. The van der Waals surface area contributed by atoms with E-state index in [0.717, 1.165) is 16.8 Å². The molecule has 7 heteroatoms. The van der Waals surface area contributed by atoms with Crippen molar-refractivity contribution in [3.63, 3.8) is 0 Å². The maximum absolute atomic E-state index is 13.5. The van der Waals surface area contributed by atoms with Gasteiger partial charge in [0.2, 0.25) is 15.9 Å². The van der Waals surface area contributed by atoms with Crippen molar-refractivity contribution >= 4 is 15.9 Å². The summed E-state index contributed by atoms with van der Waals surface area (Å²) in [6, 6.07) is 24.5. The van der Waals surface area contributed by atoms with Gasteiger partial charge in [0.1, 0.15) is 0 Å². The van der Waals surface area contributed by atoms with E-state index in [1.807, 2.05) is 85.9 Å². The molecule has 1 amide bonds. The Kier molecular flexibility index (Phi) is 7.20. The molecule has 0 spiro atoms. The Morgan fingerprint density at radius 1 is 0.970 bits per heavy atom. The van der Waals surface area contributed by atoms with Gasteiger partial charge in [0.05, 0.1) is 17.5 Å². The van der Waals surface area contributed by atoms with E-state index in [2.05, 4.69) is 4.98 Å². The highest BCUT2D eigenvalue weighted by atomic mass is 32.2. The molecule has 0 N–H and O–H groups in total. The predicted octanol–water partition coefficient (Wildman–Crippen LogP) is 3.87. The second kappa shape index (κ2) is 10.3. The largest absolute Gasteiger partial charge is 0.333 e. The standard InChI is InChI=1S/C26H29N3O3S/c1-28(25(22-12-6-3-7-13-22)24-14-8-9-17-27-24)26(30)23-15-18-29(19-16-23)33(31,32)20-21-10-4-2-5-11-21/h2-14,17,23,25H,15-16,18-20H2,1H3. The van der Waals surface area contributed by atoms with Crippen molar-refractivity contribution in [3.8, 4) is 0 Å². The van der Waals surface area contributed by atoms with Gasteiger partial charge >= 0.3 is 0 Å². The van der Waals surface area contributed by atoms with Crippen LogP contribution in [0.5, 0.6) is 0 Å². The third-order valence-corrected chi connectivity index (χ3v) is 8.06. The number of sulfonamides is 1. The number of piperidine rings is 1. The summed E-state index contributed by atoms with van der Waals surface area (Å²) in [4.78, 5) is 19.7. The fourth-order valence-corrected chi connectivity index (χ4v) is 6.00. The van der Waals surface area contributed by atoms with Crippen LogP contribution < -0.4 is 0 Å². The Bertz CT molecular complexity index is 1110. The first-order valence-electron chi connectivity index (χ1n) is 11.2. The summed E-state index contributed by atoms with van der Waals surface area (Å²) >= 11 is 0. The summed E-state index contributed by atoms with van der Waals surface area (Å²) in [6.45, 7) is 0.720. The molecule has 0 aliphatic carbocycles. The van der Waals surface area contributed by atoms with Crippen molar-refractivity contribution in [2.24, 2.45) is 5.92 Å². The number of hydrogen-bond acceptors (Lipinski definition) is 4. The van der Waals surface area contributed by atoms with E-state index in [4.69, 9.17) is 0 Å². The summed E-state index contributed by atoms with van der Waals surface area (Å²) < 4.78 is 27.3. The molecular weight excluding hydrogens is 434 g/mol. The minimum absolute atomic E-state index is 0.0118. The van der Waals surface area contributed by atoms with Crippen LogP contribution >= 0.6 is 0 Å². The molecule has 0 bridgehead atoms. The Morgan fingerprint density at radius 3 is 2.18 bits per heavy atom. The van der Waals surface area contributed by atoms with Gasteiger partial charge in [0, 0.05) is 32.3 Å². The summed E-state index contributed by atoms with van der Waals surface area (Å²) in [5, 5.41) is 0. The quantitative estimate of drug-likeness (QED) is 0.533. The van der Waals surface area contributed by atoms with Gasteiger partial charge in [-0.25, -0.2) is 12.7 Å². The third kappa shape index (κ3) is 5.49. The van der Waals surface area contributed by atoms with Crippen LogP contribution in [0.2, 0.25) is 0 Å². The lowest BCUT2D eigenvalue weighted by molar-refractivity contribution is -0.137. The molecule has 172 valence electrons. The van der Waals surface area contributed by atoms with Crippen molar-refractivity contribution in [1.29, 1.82) is 0 Å². The summed E-state index contributed by atoms with van der Waals surface area (Å²) in [5.41, 5.74) is 2.58. The van der Waals surface area contributed by atoms with Crippen LogP contribution in [0.1, 0.15) is 35.7 Å². The van der Waals surface area contributed by atoms with Crippen LogP contribution in [-0.4, -0.2) is 48.7 Å². The summed E-state index contributed by atoms with van der Waals surface area (Å²) in [7, 11) is -1.60. The fourth-order valence-electron chi connectivity index (χ4n) is 4.44. The van der Waals surface area contributed by atoms with E-state index in [1.165, 1.54) is 4.31 Å². The van der Waals surface area contributed by atoms with Crippen LogP contribution in [0.3, 0.4) is 0 Å². The number of carbonyl (C=O) groups excluding carboxylic acids is 1. The molecule has 3 aromatic rings. The molecule has 1 aliphatic heterocycles. The first-order chi connectivity index (χ1) is 16.0. The third-order valence-electron chi connectivity index (χ3n) is 6.21. The van der Waals surface area contributed by atoms with Crippen LogP contribution in [0.25, 0.3) is 0 Å². The van der Waals surface area contributed by atoms with Gasteiger partial charge in [-0.05, 0) is 36.1 Å². The number of carbonyl (C=O) groups is 1. The van der Waals surface area contributed by atoms with Crippen molar-refractivity contribution < 1.29 is 13.2 Å². The van der Waals surface area contributed by atoms with Crippen LogP contribution in [0, 0.1) is 5.92 Å². The van der Waals surface area contributed by atoms with Gasteiger partial charge in [-0.2, -0.15) is 0 Å². The van der Waals surface area contributed by atoms with Gasteiger partial charge in [-0.1, -0.05) is 66.7 Å². The molecule has 1 atom stereocenters. The number of benzene rings is 2. The van der Waals surface area contributed by atoms with Crippen LogP contribution in [-0.2, 0) is 20.6 Å². The van der Waals surface area contributed by atoms with Crippen LogP contribution in [0.15, 0.2) is 85.1 Å². The van der Waals surface area contributed by atoms with Crippen molar-refractivity contribution in [2.45, 2.75) is 24.6 Å². The molecule has 33 heavy (non-hydrogen) atoms. The molecule has 1 unspecified atom stereocenters. The van der Waals surface area contributed by atoms with Gasteiger partial charge in [-0.15, -0.1) is 0 Å². The van der Waals surface area contributed by atoms with E-state index < -0.39 is 10.0 Å². The van der Waals surface area contributed by atoms with Crippen molar-refractivity contribution in [1.82, 2.24) is 14.2 Å². The smallest absolute Gasteiger partial charge is 0.226 e. The predicted molar refractivity (Wildman–Crippen MR) is 129 cm³/mol. The Hall–Kier alpha value is -3.03. The van der Waals surface area contributed by atoms with Gasteiger partial charge in [0.15, 0.2) is 0 Å². The summed E-state index contributed by atoms with van der Waals surface area (Å²) in [6.07, 6.45) is 2.77. The molecule has 1 fully saturated rings. The van der Waals surface area contributed by atoms with Gasteiger partial charge in [0.25, 0.3) is 0 Å². The van der Waals surface area contributed by atoms with E-state index in [0.29, 0.717) is 25.9 Å². The second-order valence-electron chi connectivity index (χ2n) is 8.43. The molecule has 2 aromatic carbocycles. The Labute approximate surface area is 195 Å². The monoisotopic (exact) mass is 463 g/mol. The molecule has 1 aliphatic rings. The van der Waals surface area contributed by atoms with E-state index in [-0.39, 0.29) is 23.6 Å². The SMILES string of the molecule is CN(C(=O)C1CCN(S(=O)(=O)Cc2ccccc2)CC1)C(c1ccccc1)c1ccccn1. The number of hydrogen-bond donors (Lipinski definition) is 0. The first kappa shape index (κ1) is 23.1. The highest BCUT2D eigenvalue weighted by molar-refractivity contribution is 7.88. The number of pyridine rings is 1. The lowest BCUT2D eigenvalue weighted by Gasteiger charge is -2.35. The molecule has 0 radical (unpaired) electrons. The number of nitrogens with zero attached hydrogens (tertiary/aromatic N) is 3. The molecule has 6 nitrogen and oxygen atoms in total. The molecule has 1 saturated heterocycles. The Morgan fingerprint density at radius 2 is 1.58 bits per heavy atom. The molecular formula is C26H29N3O3S. The molecule has 0 saturated carbocycles. The average molecular weight is 464 g/mol. The average Bonchev–Trinajstić information content (AvgIpc) is 2.85. The zero-order chi connectivity index (χ0) is 23.3. The maximum Gasteiger partial charge on any atom is 0.226 e. The minimum Gasteiger partial charge on any atom is -0.333 e. The lowest BCUT2D eigenvalue weighted by Crippen LogP contribution is -2.44. The first-order valence-corrected chi connectivity index (χ1v) is 12.8. The fraction of sp³-hybridized carbons (Fsp3) is 0.308. The van der Waals surface area contributed by atoms with Crippen LogP contribution in [0.4, 0.5) is 0 Å². The molecule has 2 heterocycles. The molecule has 4 rings (SSSR count). The maximum atomic E-state index is 13.5. The minimum atomic E-state index is -3.41.